The molecule has 0 aromatic carbocycles. The van der Waals surface area contributed by atoms with Gasteiger partial charge < -0.3 is 19.4 Å². The van der Waals surface area contributed by atoms with Crippen molar-refractivity contribution in [3.8, 4) is 0 Å². The van der Waals surface area contributed by atoms with Crippen molar-refractivity contribution >= 4 is 5.91 Å². The van der Waals surface area contributed by atoms with Gasteiger partial charge in [0.05, 0.1) is 19.0 Å². The van der Waals surface area contributed by atoms with Crippen LogP contribution in [0, 0.1) is 5.92 Å². The lowest BCUT2D eigenvalue weighted by Crippen LogP contribution is -2.42. The molecule has 0 bridgehead atoms. The van der Waals surface area contributed by atoms with Gasteiger partial charge in [-0.2, -0.15) is 0 Å². The molecule has 0 radical (unpaired) electrons. The number of nitrogens with one attached hydrogen (secondary N) is 1. The molecule has 1 saturated carbocycles. The van der Waals surface area contributed by atoms with Gasteiger partial charge in [0.2, 0.25) is 5.76 Å². The molecule has 1 amide bonds. The van der Waals surface area contributed by atoms with Crippen LogP contribution in [0.4, 0.5) is 0 Å². The second-order valence-electron chi connectivity index (χ2n) is 4.74. The molecule has 1 fully saturated rings. The summed E-state index contributed by atoms with van der Waals surface area (Å²) in [5, 5.41) is 16.8. The lowest BCUT2D eigenvalue weighted by atomic mass is 9.94. The highest BCUT2D eigenvalue weighted by Crippen LogP contribution is 2.45. The second kappa shape index (κ2) is 4.55. The van der Waals surface area contributed by atoms with Crippen LogP contribution >= 0.6 is 0 Å². The Hall–Kier alpha value is -2.08. The van der Waals surface area contributed by atoms with Gasteiger partial charge in [-0.05, 0) is 30.9 Å². The molecular weight excluding hydrogens is 248 g/mol. The van der Waals surface area contributed by atoms with Crippen molar-refractivity contribution in [1.29, 1.82) is 0 Å². The minimum atomic E-state index is -1.15. The number of hydrogen-bond acceptors (Lipinski definition) is 5. The Morgan fingerprint density at radius 2 is 2.37 bits per heavy atom. The van der Waals surface area contributed by atoms with Crippen molar-refractivity contribution < 1.29 is 18.8 Å². The number of amides is 1. The topological polar surface area (TPSA) is 88.5 Å². The van der Waals surface area contributed by atoms with Crippen LogP contribution in [0.5, 0.6) is 0 Å². The molecule has 1 aliphatic rings. The van der Waals surface area contributed by atoms with Gasteiger partial charge in [-0.3, -0.25) is 4.79 Å². The minimum absolute atomic E-state index is 0.0880. The zero-order valence-electron chi connectivity index (χ0n) is 10.2. The van der Waals surface area contributed by atoms with Gasteiger partial charge in [-0.25, -0.2) is 0 Å². The number of nitrogens with zero attached hydrogens (tertiary/aromatic N) is 1. The van der Waals surface area contributed by atoms with Gasteiger partial charge in [0, 0.05) is 6.07 Å². The summed E-state index contributed by atoms with van der Waals surface area (Å²) in [5.41, 5.74) is -1.15. The van der Waals surface area contributed by atoms with Crippen molar-refractivity contribution in [3.05, 3.63) is 42.2 Å². The second-order valence-corrected chi connectivity index (χ2v) is 4.74. The Morgan fingerprint density at radius 1 is 1.53 bits per heavy atom. The zero-order valence-corrected chi connectivity index (χ0v) is 10.2. The van der Waals surface area contributed by atoms with Crippen molar-refractivity contribution in [3.63, 3.8) is 0 Å². The predicted molar refractivity (Wildman–Crippen MR) is 64.2 cm³/mol. The maximum Gasteiger partial charge on any atom is 0.290 e. The molecule has 19 heavy (non-hydrogen) atoms. The Kier molecular flexibility index (Phi) is 2.87. The summed E-state index contributed by atoms with van der Waals surface area (Å²) in [7, 11) is 0. The number of aromatic nitrogens is 1. The Balaban J connectivity index is 1.71. The van der Waals surface area contributed by atoms with E-state index in [0.717, 1.165) is 12.8 Å². The molecule has 0 aliphatic heterocycles. The van der Waals surface area contributed by atoms with E-state index >= 15 is 0 Å². The van der Waals surface area contributed by atoms with Crippen LogP contribution < -0.4 is 5.32 Å². The Bertz CT molecular complexity index is 545. The largest absolute Gasteiger partial charge is 0.466 e. The van der Waals surface area contributed by atoms with Gasteiger partial charge in [-0.15, -0.1) is 0 Å². The van der Waals surface area contributed by atoms with Gasteiger partial charge in [0.1, 0.15) is 11.4 Å². The lowest BCUT2D eigenvalue weighted by Gasteiger charge is -2.25. The van der Waals surface area contributed by atoms with Crippen molar-refractivity contribution in [1.82, 2.24) is 10.5 Å². The van der Waals surface area contributed by atoms with E-state index in [1.54, 1.807) is 12.1 Å². The van der Waals surface area contributed by atoms with E-state index in [1.807, 2.05) is 0 Å². The molecule has 100 valence electrons. The van der Waals surface area contributed by atoms with Crippen LogP contribution in [-0.4, -0.2) is 22.7 Å². The number of furan rings is 1. The van der Waals surface area contributed by atoms with Crippen LogP contribution in [0.2, 0.25) is 0 Å². The molecule has 6 heteroatoms. The zero-order chi connectivity index (χ0) is 13.3. The van der Waals surface area contributed by atoms with Crippen LogP contribution in [0.25, 0.3) is 0 Å². The molecule has 0 spiro atoms. The fourth-order valence-corrected chi connectivity index (χ4v) is 2.15. The van der Waals surface area contributed by atoms with Gasteiger partial charge in [0.15, 0.2) is 0 Å². The summed E-state index contributed by atoms with van der Waals surface area (Å²) in [5.74, 6) is 0.322. The smallest absolute Gasteiger partial charge is 0.290 e. The third-order valence-corrected chi connectivity index (χ3v) is 3.38. The van der Waals surface area contributed by atoms with E-state index in [-0.39, 0.29) is 18.2 Å². The number of carbonyl (C=O) groups excluding carboxylic acids is 1. The fourth-order valence-electron chi connectivity index (χ4n) is 2.15. The maximum absolute atomic E-state index is 11.8. The van der Waals surface area contributed by atoms with E-state index in [0.29, 0.717) is 5.76 Å². The van der Waals surface area contributed by atoms with E-state index in [1.165, 1.54) is 18.5 Å². The number of hydrogen-bond donors (Lipinski definition) is 2. The van der Waals surface area contributed by atoms with Crippen LogP contribution in [0.15, 0.2) is 39.6 Å². The normalized spacial score (nSPS) is 17.9. The van der Waals surface area contributed by atoms with E-state index < -0.39 is 11.5 Å². The Morgan fingerprint density at radius 3 is 2.95 bits per heavy atom. The summed E-state index contributed by atoms with van der Waals surface area (Å²) in [6, 6.07) is 4.91. The first-order valence-electron chi connectivity index (χ1n) is 6.15. The van der Waals surface area contributed by atoms with Crippen molar-refractivity contribution in [2.24, 2.45) is 5.92 Å². The van der Waals surface area contributed by atoms with Gasteiger partial charge in [-0.1, -0.05) is 5.16 Å². The summed E-state index contributed by atoms with van der Waals surface area (Å²) in [6.07, 6.45) is 4.76. The molecule has 1 aliphatic carbocycles. The number of aliphatic hydroxyl groups is 1. The standard InChI is InChI=1S/C13H14N2O4/c16-12(10-5-6-15-19-10)14-8-13(17,9-3-4-9)11-2-1-7-18-11/h1-2,5-7,9,17H,3-4,8H2,(H,14,16). The number of rotatable bonds is 5. The highest BCUT2D eigenvalue weighted by atomic mass is 16.5. The fraction of sp³-hybridized carbons (Fsp3) is 0.385. The Labute approximate surface area is 109 Å². The average molecular weight is 262 g/mol. The third-order valence-electron chi connectivity index (χ3n) is 3.38. The molecule has 3 rings (SSSR count). The number of carbonyl (C=O) groups is 1. The van der Waals surface area contributed by atoms with E-state index in [2.05, 4.69) is 10.5 Å². The first-order chi connectivity index (χ1) is 9.20. The summed E-state index contributed by atoms with van der Waals surface area (Å²) >= 11 is 0. The van der Waals surface area contributed by atoms with Gasteiger partial charge >= 0.3 is 0 Å². The lowest BCUT2D eigenvalue weighted by molar-refractivity contribution is -0.00636. The summed E-state index contributed by atoms with van der Waals surface area (Å²) < 4.78 is 10.0. The molecule has 1 unspecified atom stereocenters. The highest BCUT2D eigenvalue weighted by molar-refractivity contribution is 5.91. The quantitative estimate of drug-likeness (QED) is 0.847. The van der Waals surface area contributed by atoms with Crippen LogP contribution in [0.1, 0.15) is 29.2 Å². The van der Waals surface area contributed by atoms with Crippen molar-refractivity contribution in [2.75, 3.05) is 6.54 Å². The highest BCUT2D eigenvalue weighted by Gasteiger charge is 2.47. The summed E-state index contributed by atoms with van der Waals surface area (Å²) in [4.78, 5) is 11.8. The molecular formula is C13H14N2O4. The summed E-state index contributed by atoms with van der Waals surface area (Å²) in [6.45, 7) is 0.0880. The molecule has 2 N–H and O–H groups in total. The first kappa shape index (κ1) is 12.0. The monoisotopic (exact) mass is 262 g/mol. The van der Waals surface area contributed by atoms with E-state index in [4.69, 9.17) is 8.94 Å². The molecule has 2 aromatic rings. The van der Waals surface area contributed by atoms with Crippen LogP contribution in [0.3, 0.4) is 0 Å². The predicted octanol–water partition coefficient (Wildman–Crippen LogP) is 1.30. The molecule has 1 atom stereocenters. The van der Waals surface area contributed by atoms with E-state index in [9.17, 15) is 9.90 Å². The molecule has 2 aromatic heterocycles. The third kappa shape index (κ3) is 2.26. The minimum Gasteiger partial charge on any atom is -0.466 e. The molecule has 6 nitrogen and oxygen atoms in total. The van der Waals surface area contributed by atoms with Gasteiger partial charge in [0.25, 0.3) is 5.91 Å². The molecule has 2 heterocycles. The SMILES string of the molecule is O=C(NCC(O)(c1ccco1)C1CC1)c1ccno1. The van der Waals surface area contributed by atoms with Crippen molar-refractivity contribution in [2.45, 2.75) is 18.4 Å². The first-order valence-corrected chi connectivity index (χ1v) is 6.15. The average Bonchev–Trinajstić information content (AvgIpc) is 2.95. The van der Waals surface area contributed by atoms with Crippen LogP contribution in [-0.2, 0) is 5.60 Å². The maximum atomic E-state index is 11.8. The molecule has 0 saturated heterocycles.